The highest BCUT2D eigenvalue weighted by molar-refractivity contribution is 6.27. The van der Waals surface area contributed by atoms with Gasteiger partial charge in [-0.3, -0.25) is 4.90 Å². The lowest BCUT2D eigenvalue weighted by molar-refractivity contribution is -0.159. The van der Waals surface area contributed by atoms with E-state index >= 15 is 0 Å². The Morgan fingerprint density at radius 1 is 0.844 bits per heavy atom. The van der Waals surface area contributed by atoms with Crippen molar-refractivity contribution in [3.05, 3.63) is 48.5 Å². The van der Waals surface area contributed by atoms with Crippen LogP contribution in [-0.4, -0.2) is 80.6 Å². The van der Waals surface area contributed by atoms with Crippen LogP contribution in [0.15, 0.2) is 48.5 Å². The molecule has 0 bridgehead atoms. The summed E-state index contributed by atoms with van der Waals surface area (Å²) in [7, 11) is 3.40. The summed E-state index contributed by atoms with van der Waals surface area (Å²) in [6.45, 7) is 6.00. The van der Waals surface area contributed by atoms with E-state index in [2.05, 4.69) is 21.9 Å². The molecular weight excluding hydrogens is 416 g/mol. The summed E-state index contributed by atoms with van der Waals surface area (Å²) in [6, 6.07) is 16.0. The van der Waals surface area contributed by atoms with Crippen LogP contribution in [0.3, 0.4) is 0 Å². The van der Waals surface area contributed by atoms with Gasteiger partial charge in [0.15, 0.2) is 0 Å². The number of anilines is 1. The molecule has 9 nitrogen and oxygen atoms in total. The number of methoxy groups -OCH3 is 2. The van der Waals surface area contributed by atoms with Crippen molar-refractivity contribution >= 4 is 17.6 Å². The summed E-state index contributed by atoms with van der Waals surface area (Å²) in [5.41, 5.74) is 1.19. The molecule has 174 valence electrons. The molecule has 1 fully saturated rings. The standard InChI is InChI=1S/C21H28N2O3.C2H2O4/c1-24-18-8-10-19(11-9-18)26-17-5-12-22-13-15-23(16-14-22)20-6-3-4-7-21(20)25-2;3-1(4)2(5)6/h3-4,6-11H,5,12-17H2,1-2H3;(H,3,4)(H,5,6). The van der Waals surface area contributed by atoms with Crippen LogP contribution in [-0.2, 0) is 9.59 Å². The minimum atomic E-state index is -1.82. The third kappa shape index (κ3) is 7.99. The van der Waals surface area contributed by atoms with E-state index in [9.17, 15) is 0 Å². The van der Waals surface area contributed by atoms with Crippen molar-refractivity contribution < 1.29 is 34.0 Å². The predicted molar refractivity (Wildman–Crippen MR) is 120 cm³/mol. The van der Waals surface area contributed by atoms with Gasteiger partial charge in [-0.25, -0.2) is 9.59 Å². The van der Waals surface area contributed by atoms with Crippen molar-refractivity contribution in [1.29, 1.82) is 0 Å². The number of para-hydroxylation sites is 2. The zero-order valence-corrected chi connectivity index (χ0v) is 18.4. The van der Waals surface area contributed by atoms with Crippen molar-refractivity contribution in [2.45, 2.75) is 6.42 Å². The molecule has 1 aliphatic heterocycles. The van der Waals surface area contributed by atoms with Gasteiger partial charge in [0.25, 0.3) is 0 Å². The SMILES string of the molecule is COc1ccc(OCCCN2CCN(c3ccccc3OC)CC2)cc1.O=C(O)C(=O)O. The molecule has 1 aliphatic rings. The number of nitrogens with zero attached hydrogens (tertiary/aromatic N) is 2. The van der Waals surface area contributed by atoms with E-state index in [1.54, 1.807) is 14.2 Å². The Bertz CT molecular complexity index is 838. The Balaban J connectivity index is 0.000000534. The molecule has 3 rings (SSSR count). The molecule has 0 aromatic heterocycles. The monoisotopic (exact) mass is 446 g/mol. The van der Waals surface area contributed by atoms with Crippen molar-refractivity contribution in [3.63, 3.8) is 0 Å². The molecule has 1 heterocycles. The van der Waals surface area contributed by atoms with Crippen LogP contribution >= 0.6 is 0 Å². The lowest BCUT2D eigenvalue weighted by Gasteiger charge is -2.36. The molecule has 2 aromatic rings. The molecule has 0 aliphatic carbocycles. The second kappa shape index (κ2) is 13.1. The smallest absolute Gasteiger partial charge is 0.414 e. The van der Waals surface area contributed by atoms with Gasteiger partial charge in [0.05, 0.1) is 26.5 Å². The van der Waals surface area contributed by atoms with Crippen molar-refractivity contribution in [1.82, 2.24) is 4.90 Å². The van der Waals surface area contributed by atoms with Gasteiger partial charge in [-0.1, -0.05) is 12.1 Å². The van der Waals surface area contributed by atoms with Crippen LogP contribution < -0.4 is 19.1 Å². The summed E-state index contributed by atoms with van der Waals surface area (Å²) < 4.78 is 16.4. The summed E-state index contributed by atoms with van der Waals surface area (Å²) in [5.74, 6) is -0.948. The van der Waals surface area contributed by atoms with Gasteiger partial charge in [-0.2, -0.15) is 0 Å². The van der Waals surface area contributed by atoms with Crippen molar-refractivity contribution in [3.8, 4) is 17.2 Å². The number of benzene rings is 2. The maximum atomic E-state index is 9.10. The molecule has 1 saturated heterocycles. The van der Waals surface area contributed by atoms with Crippen LogP contribution in [0.5, 0.6) is 17.2 Å². The van der Waals surface area contributed by atoms with Gasteiger partial charge in [0.2, 0.25) is 0 Å². The third-order valence-electron chi connectivity index (χ3n) is 4.93. The lowest BCUT2D eigenvalue weighted by Crippen LogP contribution is -2.46. The quantitative estimate of drug-likeness (QED) is 0.467. The first kappa shape index (κ1) is 24.8. The number of carbonyl (C=O) groups is 2. The first-order chi connectivity index (χ1) is 15.4. The number of hydrogen-bond donors (Lipinski definition) is 2. The Morgan fingerprint density at radius 3 is 2.00 bits per heavy atom. The first-order valence-electron chi connectivity index (χ1n) is 10.3. The summed E-state index contributed by atoms with van der Waals surface area (Å²) in [6.07, 6.45) is 1.03. The zero-order valence-electron chi connectivity index (χ0n) is 18.4. The molecule has 32 heavy (non-hydrogen) atoms. The average molecular weight is 447 g/mol. The Hall–Kier alpha value is -3.46. The number of carboxylic acid groups (broad SMARTS) is 2. The maximum Gasteiger partial charge on any atom is 0.414 e. The van der Waals surface area contributed by atoms with E-state index in [-0.39, 0.29) is 0 Å². The van der Waals surface area contributed by atoms with Crippen LogP contribution in [0.25, 0.3) is 0 Å². The number of aliphatic carboxylic acids is 2. The molecule has 0 saturated carbocycles. The molecule has 0 radical (unpaired) electrons. The van der Waals surface area contributed by atoms with Gasteiger partial charge >= 0.3 is 11.9 Å². The first-order valence-corrected chi connectivity index (χ1v) is 10.3. The van der Waals surface area contributed by atoms with E-state index in [0.717, 1.165) is 63.0 Å². The maximum absolute atomic E-state index is 9.10. The lowest BCUT2D eigenvalue weighted by atomic mass is 10.2. The minimum Gasteiger partial charge on any atom is -0.497 e. The number of piperazine rings is 1. The second-order valence-electron chi connectivity index (χ2n) is 6.99. The van der Waals surface area contributed by atoms with E-state index in [1.807, 2.05) is 36.4 Å². The molecule has 0 unspecified atom stereocenters. The van der Waals surface area contributed by atoms with Crippen molar-refractivity contribution in [2.24, 2.45) is 0 Å². The normalized spacial score (nSPS) is 13.5. The number of ether oxygens (including phenoxy) is 3. The van der Waals surface area contributed by atoms with Crippen LogP contribution in [0.4, 0.5) is 5.69 Å². The highest BCUT2D eigenvalue weighted by Crippen LogP contribution is 2.28. The minimum absolute atomic E-state index is 0.735. The highest BCUT2D eigenvalue weighted by atomic mass is 16.5. The number of hydrogen-bond acceptors (Lipinski definition) is 7. The molecular formula is C23H30N2O7. The summed E-state index contributed by atoms with van der Waals surface area (Å²) >= 11 is 0. The molecule has 0 atom stereocenters. The zero-order chi connectivity index (χ0) is 23.3. The van der Waals surface area contributed by atoms with Gasteiger partial charge < -0.3 is 29.3 Å². The van der Waals surface area contributed by atoms with Gasteiger partial charge in [-0.05, 0) is 42.8 Å². The Kier molecular flexibility index (Phi) is 10.1. The van der Waals surface area contributed by atoms with Gasteiger partial charge in [-0.15, -0.1) is 0 Å². The van der Waals surface area contributed by atoms with E-state index < -0.39 is 11.9 Å². The van der Waals surface area contributed by atoms with Crippen LogP contribution in [0, 0.1) is 0 Å². The number of rotatable bonds is 8. The molecule has 2 aromatic carbocycles. The fraction of sp³-hybridized carbons (Fsp3) is 0.391. The highest BCUT2D eigenvalue weighted by Gasteiger charge is 2.19. The molecule has 9 heteroatoms. The molecule has 0 amide bonds. The Labute approximate surface area is 187 Å². The van der Waals surface area contributed by atoms with Gasteiger partial charge in [0, 0.05) is 32.7 Å². The fourth-order valence-corrected chi connectivity index (χ4v) is 3.25. The van der Waals surface area contributed by atoms with E-state index in [0.29, 0.717) is 0 Å². The molecule has 2 N–H and O–H groups in total. The Morgan fingerprint density at radius 2 is 1.44 bits per heavy atom. The van der Waals surface area contributed by atoms with Gasteiger partial charge in [0.1, 0.15) is 17.2 Å². The van der Waals surface area contributed by atoms with Crippen LogP contribution in [0.2, 0.25) is 0 Å². The van der Waals surface area contributed by atoms with Crippen LogP contribution in [0.1, 0.15) is 6.42 Å². The fourth-order valence-electron chi connectivity index (χ4n) is 3.25. The molecule has 0 spiro atoms. The largest absolute Gasteiger partial charge is 0.497 e. The van der Waals surface area contributed by atoms with E-state index in [1.165, 1.54) is 5.69 Å². The van der Waals surface area contributed by atoms with Crippen molar-refractivity contribution in [2.75, 3.05) is 58.5 Å². The number of carboxylic acids is 2. The third-order valence-corrected chi connectivity index (χ3v) is 4.93. The van der Waals surface area contributed by atoms with E-state index in [4.69, 9.17) is 34.0 Å². The summed E-state index contributed by atoms with van der Waals surface area (Å²) in [4.78, 5) is 23.1. The second-order valence-corrected chi connectivity index (χ2v) is 6.99. The predicted octanol–water partition coefficient (Wildman–Crippen LogP) is 2.45. The average Bonchev–Trinajstić information content (AvgIpc) is 2.83. The summed E-state index contributed by atoms with van der Waals surface area (Å²) in [5, 5.41) is 14.8. The topological polar surface area (TPSA) is 109 Å².